The topological polar surface area (TPSA) is 136 Å². The molecular formula is C7H16NO7P. The molecule has 96 valence electrons. The van der Waals surface area contributed by atoms with E-state index >= 15 is 0 Å². The highest BCUT2D eigenvalue weighted by Gasteiger charge is 2.19. The van der Waals surface area contributed by atoms with Gasteiger partial charge in [-0.05, 0) is 13.8 Å². The molecule has 0 fully saturated rings. The van der Waals surface area contributed by atoms with Gasteiger partial charge in [0.2, 0.25) is 0 Å². The summed E-state index contributed by atoms with van der Waals surface area (Å²) < 4.78 is 20.9. The highest BCUT2D eigenvalue weighted by molar-refractivity contribution is 7.53. The van der Waals surface area contributed by atoms with E-state index in [1.807, 2.05) is 0 Å². The zero-order chi connectivity index (χ0) is 13.2. The van der Waals surface area contributed by atoms with E-state index in [0.717, 1.165) is 0 Å². The Balaban J connectivity index is 0. The van der Waals surface area contributed by atoms with Crippen molar-refractivity contribution in [1.82, 2.24) is 0 Å². The van der Waals surface area contributed by atoms with Gasteiger partial charge in [-0.1, -0.05) is 0 Å². The Labute approximate surface area is 92.9 Å². The van der Waals surface area contributed by atoms with Crippen molar-refractivity contribution >= 4 is 19.5 Å². The lowest BCUT2D eigenvalue weighted by molar-refractivity contribution is -0.159. The average Bonchev–Trinajstić information content (AvgIpc) is 2.19. The van der Waals surface area contributed by atoms with Gasteiger partial charge in [0, 0.05) is 0 Å². The maximum atomic E-state index is 11.2. The van der Waals surface area contributed by atoms with Crippen LogP contribution in [0.3, 0.4) is 0 Å². The number of hydrogen-bond acceptors (Lipinski definition) is 6. The third-order valence-corrected chi connectivity index (χ3v) is 2.81. The van der Waals surface area contributed by atoms with E-state index in [4.69, 9.17) is 34.6 Å². The molecule has 0 aromatic rings. The summed E-state index contributed by atoms with van der Waals surface area (Å²) in [6.45, 7) is 4.24. The molecule has 0 aliphatic rings. The molecule has 0 aliphatic heterocycles. The summed E-state index contributed by atoms with van der Waals surface area (Å²) in [7, 11) is -2.92. The normalized spacial score (nSPS) is 10.2. The Bertz CT molecular complexity index is 245. The van der Waals surface area contributed by atoms with Crippen molar-refractivity contribution in [2.24, 2.45) is 5.73 Å². The second-order valence-electron chi connectivity index (χ2n) is 2.24. The van der Waals surface area contributed by atoms with Crippen LogP contribution in [0.25, 0.3) is 0 Å². The number of rotatable bonds is 5. The highest BCUT2D eigenvalue weighted by Crippen LogP contribution is 2.45. The molecule has 0 saturated carbocycles. The van der Waals surface area contributed by atoms with Crippen molar-refractivity contribution in [3.8, 4) is 0 Å². The largest absolute Gasteiger partial charge is 0.473 e. The second kappa shape index (κ2) is 9.29. The van der Waals surface area contributed by atoms with Gasteiger partial charge in [-0.25, -0.2) is 9.59 Å². The molecule has 0 saturated heterocycles. The number of carboxylic acids is 2. The minimum atomic E-state index is -2.92. The molecule has 0 heterocycles. The summed E-state index contributed by atoms with van der Waals surface area (Å²) >= 11 is 0. The first-order valence-corrected chi connectivity index (χ1v) is 6.10. The molecule has 0 aromatic heterocycles. The van der Waals surface area contributed by atoms with Gasteiger partial charge in [-0.15, -0.1) is 0 Å². The van der Waals surface area contributed by atoms with E-state index in [9.17, 15) is 4.57 Å². The zero-order valence-electron chi connectivity index (χ0n) is 9.08. The van der Waals surface area contributed by atoms with Crippen LogP contribution >= 0.6 is 7.60 Å². The maximum Gasteiger partial charge on any atom is 0.414 e. The molecule has 9 heteroatoms. The molecule has 4 N–H and O–H groups in total. The summed E-state index contributed by atoms with van der Waals surface area (Å²) in [5, 5.41) is 14.8. The molecule has 0 rings (SSSR count). The van der Waals surface area contributed by atoms with Gasteiger partial charge in [-0.2, -0.15) is 0 Å². The summed E-state index contributed by atoms with van der Waals surface area (Å²) in [5.41, 5.74) is 5.17. The van der Waals surface area contributed by atoms with Gasteiger partial charge >= 0.3 is 19.5 Å². The van der Waals surface area contributed by atoms with E-state index in [2.05, 4.69) is 0 Å². The van der Waals surface area contributed by atoms with Gasteiger partial charge in [-0.3, -0.25) is 4.57 Å². The molecule has 0 atom stereocenters. The van der Waals surface area contributed by atoms with Crippen molar-refractivity contribution in [2.75, 3.05) is 19.5 Å². The minimum Gasteiger partial charge on any atom is -0.473 e. The number of hydrogen-bond donors (Lipinski definition) is 3. The van der Waals surface area contributed by atoms with Crippen LogP contribution < -0.4 is 5.73 Å². The Morgan fingerprint density at radius 3 is 1.56 bits per heavy atom. The Morgan fingerprint density at radius 1 is 1.12 bits per heavy atom. The standard InChI is InChI=1S/C5H14NO3P.C2H2O4/c1-3-8-10(7,5-6)9-4-2;3-1(4)2(5)6/h3-6H2,1-2H3;(H,3,4)(H,5,6). The minimum absolute atomic E-state index is 0.0469. The Morgan fingerprint density at radius 2 is 1.44 bits per heavy atom. The van der Waals surface area contributed by atoms with Crippen LogP contribution in [-0.4, -0.2) is 41.7 Å². The maximum absolute atomic E-state index is 11.2. The molecule has 16 heavy (non-hydrogen) atoms. The molecule has 0 unspecified atom stereocenters. The number of nitrogens with two attached hydrogens (primary N) is 1. The molecule has 8 nitrogen and oxygen atoms in total. The van der Waals surface area contributed by atoms with E-state index in [-0.39, 0.29) is 6.29 Å². The molecule has 0 amide bonds. The fourth-order valence-electron chi connectivity index (χ4n) is 0.536. The van der Waals surface area contributed by atoms with Gasteiger partial charge in [0.05, 0.1) is 19.5 Å². The van der Waals surface area contributed by atoms with Crippen LogP contribution in [0.4, 0.5) is 0 Å². The van der Waals surface area contributed by atoms with E-state index in [0.29, 0.717) is 13.2 Å². The predicted molar refractivity (Wildman–Crippen MR) is 55.2 cm³/mol. The lowest BCUT2D eigenvalue weighted by Crippen LogP contribution is -2.09. The van der Waals surface area contributed by atoms with E-state index < -0.39 is 19.5 Å². The monoisotopic (exact) mass is 257 g/mol. The Kier molecular flexibility index (Phi) is 10.1. The van der Waals surface area contributed by atoms with Crippen LogP contribution in [0.5, 0.6) is 0 Å². The quantitative estimate of drug-likeness (QED) is 0.473. The van der Waals surface area contributed by atoms with Crippen molar-refractivity contribution in [2.45, 2.75) is 13.8 Å². The van der Waals surface area contributed by atoms with Crippen LogP contribution in [0.1, 0.15) is 13.8 Å². The number of carboxylic acid groups (broad SMARTS) is 2. The SMILES string of the molecule is CCOP(=O)(CN)OCC.O=C(O)C(=O)O. The third kappa shape index (κ3) is 9.60. The molecule has 0 bridgehead atoms. The first-order chi connectivity index (χ1) is 7.32. The van der Waals surface area contributed by atoms with Crippen LogP contribution in [0.2, 0.25) is 0 Å². The van der Waals surface area contributed by atoms with Crippen LogP contribution in [0, 0.1) is 0 Å². The lowest BCUT2D eigenvalue weighted by Gasteiger charge is -2.13. The van der Waals surface area contributed by atoms with E-state index in [1.54, 1.807) is 13.8 Å². The molecule has 0 aromatic carbocycles. The third-order valence-electron chi connectivity index (χ3n) is 1.06. The van der Waals surface area contributed by atoms with Gasteiger partial charge in [0.1, 0.15) is 0 Å². The van der Waals surface area contributed by atoms with Crippen molar-refractivity contribution < 1.29 is 33.4 Å². The number of aliphatic carboxylic acids is 2. The number of carbonyl (C=O) groups is 2. The molecule has 0 aliphatic carbocycles. The van der Waals surface area contributed by atoms with Crippen molar-refractivity contribution in [3.63, 3.8) is 0 Å². The summed E-state index contributed by atoms with van der Waals surface area (Å²) in [5.74, 6) is -3.65. The molecular weight excluding hydrogens is 241 g/mol. The highest BCUT2D eigenvalue weighted by atomic mass is 31.2. The fraction of sp³-hybridized carbons (Fsp3) is 0.714. The van der Waals surface area contributed by atoms with Crippen LogP contribution in [-0.2, 0) is 23.2 Å². The predicted octanol–water partition coefficient (Wildman–Crippen LogP) is 0.324. The molecule has 0 radical (unpaired) electrons. The summed E-state index contributed by atoms with van der Waals surface area (Å²) in [6, 6.07) is 0. The average molecular weight is 257 g/mol. The van der Waals surface area contributed by atoms with Crippen molar-refractivity contribution in [3.05, 3.63) is 0 Å². The van der Waals surface area contributed by atoms with Crippen LogP contribution in [0.15, 0.2) is 0 Å². The second-order valence-corrected chi connectivity index (χ2v) is 4.34. The first-order valence-electron chi connectivity index (χ1n) is 4.37. The lowest BCUT2D eigenvalue weighted by atomic mass is 10.7. The Hall–Kier alpha value is -0.950. The van der Waals surface area contributed by atoms with Crippen molar-refractivity contribution in [1.29, 1.82) is 0 Å². The molecule has 0 spiro atoms. The van der Waals surface area contributed by atoms with E-state index in [1.165, 1.54) is 0 Å². The summed E-state index contributed by atoms with van der Waals surface area (Å²) in [6.07, 6.45) is -0.0469. The fourth-order valence-corrected chi connectivity index (χ4v) is 1.61. The first kappa shape index (κ1) is 17.4. The van der Waals surface area contributed by atoms with Gasteiger partial charge < -0.3 is 25.0 Å². The zero-order valence-corrected chi connectivity index (χ0v) is 9.98. The van der Waals surface area contributed by atoms with Gasteiger partial charge in [0.25, 0.3) is 0 Å². The van der Waals surface area contributed by atoms with Gasteiger partial charge in [0.15, 0.2) is 0 Å². The summed E-state index contributed by atoms with van der Waals surface area (Å²) in [4.78, 5) is 18.2. The smallest absolute Gasteiger partial charge is 0.414 e.